The lowest BCUT2D eigenvalue weighted by molar-refractivity contribution is -0.122. The number of amides is 1. The number of hydrogen-bond acceptors (Lipinski definition) is 5. The normalized spacial score (nSPS) is 11.8. The van der Waals surface area contributed by atoms with Gasteiger partial charge in [-0.3, -0.25) is 9.59 Å². The first kappa shape index (κ1) is 16.7. The van der Waals surface area contributed by atoms with E-state index in [4.69, 9.17) is 12.2 Å². The zero-order valence-electron chi connectivity index (χ0n) is 10.2. The summed E-state index contributed by atoms with van der Waals surface area (Å²) >= 11 is 10.1. The molecule has 0 aromatic heterocycles. The molecule has 0 spiro atoms. The molecule has 0 fully saturated rings. The van der Waals surface area contributed by atoms with Crippen LogP contribution in [-0.4, -0.2) is 45.1 Å². The maximum atomic E-state index is 11.5. The van der Waals surface area contributed by atoms with E-state index in [9.17, 15) is 9.59 Å². The third-order valence-electron chi connectivity index (χ3n) is 2.01. The van der Waals surface area contributed by atoms with Gasteiger partial charge in [0.25, 0.3) is 0 Å². The molecule has 0 aliphatic heterocycles. The smallest absolute Gasteiger partial charge is 0.232 e. The molecular formula is C10H18N2O2S3. The van der Waals surface area contributed by atoms with Gasteiger partial charge in [-0.2, -0.15) is 12.6 Å². The predicted molar refractivity (Wildman–Crippen MR) is 79.6 cm³/mol. The second-order valence-corrected chi connectivity index (χ2v) is 5.77. The Bertz CT molecular complexity index is 291. The summed E-state index contributed by atoms with van der Waals surface area (Å²) in [6, 6.07) is 0. The monoisotopic (exact) mass is 294 g/mol. The predicted octanol–water partition coefficient (Wildman–Crippen LogP) is 1.31. The summed E-state index contributed by atoms with van der Waals surface area (Å²) in [7, 11) is 0. The van der Waals surface area contributed by atoms with Gasteiger partial charge >= 0.3 is 0 Å². The van der Waals surface area contributed by atoms with Gasteiger partial charge in [0.05, 0.1) is 11.8 Å². The molecule has 0 rings (SSSR count). The van der Waals surface area contributed by atoms with Crippen molar-refractivity contribution in [3.8, 4) is 0 Å². The number of rotatable bonds is 5. The number of carbonyl (C=O) groups is 2. The number of nitrogens with one attached hydrogen (secondary N) is 1. The Morgan fingerprint density at radius 1 is 1.41 bits per heavy atom. The minimum atomic E-state index is -0.414. The molecule has 1 N–H and O–H groups in total. The lowest BCUT2D eigenvalue weighted by atomic mass is 10.4. The molecule has 1 amide bonds. The number of thioether (sulfide) groups is 1. The maximum absolute atomic E-state index is 11.5. The van der Waals surface area contributed by atoms with Crippen LogP contribution in [0.15, 0.2) is 0 Å². The minimum Gasteiger partial charge on any atom is -0.358 e. The van der Waals surface area contributed by atoms with Crippen molar-refractivity contribution in [3.63, 3.8) is 0 Å². The molecule has 0 heterocycles. The lowest BCUT2D eigenvalue weighted by Crippen LogP contribution is -2.34. The van der Waals surface area contributed by atoms with Gasteiger partial charge in [0.15, 0.2) is 0 Å². The summed E-state index contributed by atoms with van der Waals surface area (Å²) in [5.74, 6) is -0.254. The Morgan fingerprint density at radius 2 is 1.94 bits per heavy atom. The molecule has 0 bridgehead atoms. The van der Waals surface area contributed by atoms with Crippen molar-refractivity contribution in [1.29, 1.82) is 0 Å². The number of thiocarbonyl (C=S) groups is 1. The molecule has 7 heteroatoms. The van der Waals surface area contributed by atoms with Gasteiger partial charge in [0.1, 0.15) is 4.32 Å². The molecule has 0 aliphatic rings. The Balaban J connectivity index is 4.02. The van der Waals surface area contributed by atoms with Gasteiger partial charge in [-0.25, -0.2) is 0 Å². The van der Waals surface area contributed by atoms with Crippen molar-refractivity contribution in [1.82, 2.24) is 10.2 Å². The SMILES string of the molecule is CCN(CC)C(=S)SC(=O)CNC(=O)C(C)S. The molecule has 98 valence electrons. The van der Waals surface area contributed by atoms with Crippen molar-refractivity contribution < 1.29 is 9.59 Å². The molecule has 17 heavy (non-hydrogen) atoms. The van der Waals surface area contributed by atoms with Crippen LogP contribution in [0.3, 0.4) is 0 Å². The Hall–Kier alpha value is -0.270. The average Bonchev–Trinajstić information content (AvgIpc) is 2.27. The van der Waals surface area contributed by atoms with Crippen molar-refractivity contribution in [2.45, 2.75) is 26.0 Å². The van der Waals surface area contributed by atoms with Crippen LogP contribution in [0.4, 0.5) is 0 Å². The van der Waals surface area contributed by atoms with Gasteiger partial charge < -0.3 is 10.2 Å². The van der Waals surface area contributed by atoms with Crippen molar-refractivity contribution in [3.05, 3.63) is 0 Å². The summed E-state index contributed by atoms with van der Waals surface area (Å²) in [4.78, 5) is 24.6. The summed E-state index contributed by atoms with van der Waals surface area (Å²) in [6.07, 6.45) is 0. The standard InChI is InChI=1S/C10H18N2O2S3/c1-4-12(5-2)10(16)17-8(13)6-11-9(14)7(3)15/h7,15H,4-6H2,1-3H3,(H,11,14). The van der Waals surface area contributed by atoms with Gasteiger partial charge in [-0.1, -0.05) is 12.2 Å². The zero-order valence-corrected chi connectivity index (χ0v) is 12.8. The quantitative estimate of drug-likeness (QED) is 0.591. The molecule has 0 saturated heterocycles. The van der Waals surface area contributed by atoms with Crippen LogP contribution in [0, 0.1) is 0 Å². The molecule has 4 nitrogen and oxygen atoms in total. The fourth-order valence-electron chi connectivity index (χ4n) is 0.987. The fraction of sp³-hybridized carbons (Fsp3) is 0.700. The number of thiol groups is 1. The second-order valence-electron chi connectivity index (χ2n) is 3.31. The van der Waals surface area contributed by atoms with E-state index < -0.39 is 5.25 Å². The molecular weight excluding hydrogens is 276 g/mol. The molecule has 1 unspecified atom stereocenters. The van der Waals surface area contributed by atoms with Crippen LogP contribution in [-0.2, 0) is 9.59 Å². The zero-order chi connectivity index (χ0) is 13.4. The first-order valence-corrected chi connectivity index (χ1v) is 7.11. The maximum Gasteiger partial charge on any atom is 0.232 e. The molecule has 0 aromatic rings. The van der Waals surface area contributed by atoms with Crippen LogP contribution < -0.4 is 5.32 Å². The van der Waals surface area contributed by atoms with Crippen LogP contribution in [0.2, 0.25) is 0 Å². The second kappa shape index (κ2) is 8.77. The van der Waals surface area contributed by atoms with Crippen LogP contribution in [0.5, 0.6) is 0 Å². The molecule has 0 aliphatic carbocycles. The van der Waals surface area contributed by atoms with Crippen LogP contribution >= 0.6 is 36.6 Å². The van der Waals surface area contributed by atoms with E-state index in [-0.39, 0.29) is 17.6 Å². The first-order chi connectivity index (χ1) is 7.92. The average molecular weight is 294 g/mol. The topological polar surface area (TPSA) is 49.4 Å². The number of hydrogen-bond donors (Lipinski definition) is 2. The van der Waals surface area contributed by atoms with E-state index in [0.717, 1.165) is 24.9 Å². The third-order valence-corrected chi connectivity index (χ3v) is 3.56. The van der Waals surface area contributed by atoms with Crippen molar-refractivity contribution >= 4 is 52.0 Å². The summed E-state index contributed by atoms with van der Waals surface area (Å²) in [5, 5.41) is 1.92. The van der Waals surface area contributed by atoms with Crippen molar-refractivity contribution in [2.24, 2.45) is 0 Å². The van der Waals surface area contributed by atoms with E-state index >= 15 is 0 Å². The highest BCUT2D eigenvalue weighted by Crippen LogP contribution is 2.10. The van der Waals surface area contributed by atoms with Gasteiger partial charge in [-0.15, -0.1) is 0 Å². The van der Waals surface area contributed by atoms with E-state index in [0.29, 0.717) is 4.32 Å². The Morgan fingerprint density at radius 3 is 2.35 bits per heavy atom. The highest BCUT2D eigenvalue weighted by molar-refractivity contribution is 8.32. The van der Waals surface area contributed by atoms with E-state index in [1.165, 1.54) is 0 Å². The van der Waals surface area contributed by atoms with E-state index in [1.54, 1.807) is 6.92 Å². The van der Waals surface area contributed by atoms with Crippen molar-refractivity contribution in [2.75, 3.05) is 19.6 Å². The summed E-state index contributed by atoms with van der Waals surface area (Å²) in [5.41, 5.74) is 0. The Kier molecular flexibility index (Phi) is 8.63. The number of carbonyl (C=O) groups excluding carboxylic acids is 2. The van der Waals surface area contributed by atoms with Crippen LogP contribution in [0.1, 0.15) is 20.8 Å². The van der Waals surface area contributed by atoms with Crippen LogP contribution in [0.25, 0.3) is 0 Å². The van der Waals surface area contributed by atoms with Gasteiger partial charge in [0, 0.05) is 13.1 Å². The first-order valence-electron chi connectivity index (χ1n) is 5.37. The fourth-order valence-corrected chi connectivity index (χ4v) is 2.34. The third kappa shape index (κ3) is 6.90. The summed E-state index contributed by atoms with van der Waals surface area (Å²) < 4.78 is 0.549. The van der Waals surface area contributed by atoms with Gasteiger partial charge in [0.2, 0.25) is 11.0 Å². The molecule has 0 saturated carbocycles. The lowest BCUT2D eigenvalue weighted by Gasteiger charge is -2.20. The molecule has 1 atom stereocenters. The summed E-state index contributed by atoms with van der Waals surface area (Å²) in [6.45, 7) is 7.13. The van der Waals surface area contributed by atoms with Gasteiger partial charge in [-0.05, 0) is 32.5 Å². The largest absolute Gasteiger partial charge is 0.358 e. The Labute approximate surface area is 117 Å². The van der Waals surface area contributed by atoms with E-state index in [1.807, 2.05) is 18.7 Å². The molecule has 0 radical (unpaired) electrons. The highest BCUT2D eigenvalue weighted by Gasteiger charge is 2.14. The molecule has 0 aromatic carbocycles. The number of nitrogens with zero attached hydrogens (tertiary/aromatic N) is 1. The minimum absolute atomic E-state index is 0.0180. The highest BCUT2D eigenvalue weighted by atomic mass is 32.2. The van der Waals surface area contributed by atoms with E-state index in [2.05, 4.69) is 17.9 Å².